The second-order valence-electron chi connectivity index (χ2n) is 6.84. The molecule has 3 heterocycles. The van der Waals surface area contributed by atoms with Gasteiger partial charge in [-0.2, -0.15) is 14.0 Å². The first-order valence-corrected chi connectivity index (χ1v) is 11.8. The molecule has 10 nitrogen and oxygen atoms in total. The summed E-state index contributed by atoms with van der Waals surface area (Å²) in [5, 5.41) is 8.02. The molecule has 5 rings (SSSR count). The number of anilines is 3. The van der Waals surface area contributed by atoms with Gasteiger partial charge in [0.05, 0.1) is 28.3 Å². The fourth-order valence-corrected chi connectivity index (χ4v) is 5.65. The number of morpholine rings is 1. The zero-order valence-electron chi connectivity index (χ0n) is 16.3. The fraction of sp³-hybridized carbons (Fsp3) is 0.211. The predicted octanol–water partition coefficient (Wildman–Crippen LogP) is 2.22. The monoisotopic (exact) mass is 457 g/mol. The van der Waals surface area contributed by atoms with Crippen LogP contribution >= 0.6 is 11.3 Å². The molecule has 1 aliphatic heterocycles. The van der Waals surface area contributed by atoms with Gasteiger partial charge in [-0.1, -0.05) is 29.5 Å². The summed E-state index contributed by atoms with van der Waals surface area (Å²) in [6.07, 6.45) is 0. The van der Waals surface area contributed by atoms with Crippen LogP contribution in [0.15, 0.2) is 53.4 Å². The van der Waals surface area contributed by atoms with Crippen LogP contribution in [-0.2, 0) is 14.8 Å². The number of hydrogen-bond donors (Lipinski definition) is 2. The molecule has 12 heteroatoms. The van der Waals surface area contributed by atoms with E-state index in [0.29, 0.717) is 37.1 Å². The Morgan fingerprint density at radius 1 is 1.06 bits per heavy atom. The molecule has 0 bridgehead atoms. The number of nitrogen functional groups attached to an aromatic ring is 1. The van der Waals surface area contributed by atoms with Gasteiger partial charge in [0.1, 0.15) is 0 Å². The molecule has 0 atom stereocenters. The Morgan fingerprint density at radius 3 is 2.68 bits per heavy atom. The van der Waals surface area contributed by atoms with Crippen LogP contribution < -0.4 is 11.1 Å². The topological polar surface area (TPSA) is 128 Å². The summed E-state index contributed by atoms with van der Waals surface area (Å²) in [5.41, 5.74) is 7.44. The Morgan fingerprint density at radius 2 is 1.87 bits per heavy atom. The minimum absolute atomic E-state index is 0.179. The maximum atomic E-state index is 12.9. The number of para-hydroxylation sites is 1. The van der Waals surface area contributed by atoms with Crippen molar-refractivity contribution in [3.05, 3.63) is 48.5 Å². The number of aromatic nitrogens is 4. The van der Waals surface area contributed by atoms with Crippen LogP contribution in [0.4, 0.5) is 17.6 Å². The van der Waals surface area contributed by atoms with Gasteiger partial charge in [0.15, 0.2) is 0 Å². The fourth-order valence-electron chi connectivity index (χ4n) is 3.27. The lowest BCUT2D eigenvalue weighted by Gasteiger charge is -2.26. The minimum atomic E-state index is -3.60. The zero-order chi connectivity index (χ0) is 21.4. The first kappa shape index (κ1) is 19.9. The molecule has 2 aromatic carbocycles. The van der Waals surface area contributed by atoms with Gasteiger partial charge in [0.2, 0.25) is 27.1 Å². The molecule has 0 saturated carbocycles. The molecule has 0 unspecified atom stereocenters. The van der Waals surface area contributed by atoms with E-state index in [0.717, 1.165) is 10.2 Å². The number of thiazole rings is 1. The molecule has 31 heavy (non-hydrogen) atoms. The number of ether oxygens (including phenoxy) is 1. The van der Waals surface area contributed by atoms with Crippen LogP contribution in [0, 0.1) is 0 Å². The molecule has 0 spiro atoms. The van der Waals surface area contributed by atoms with Crippen molar-refractivity contribution >= 4 is 49.2 Å². The lowest BCUT2D eigenvalue weighted by Crippen LogP contribution is -2.40. The maximum absolute atomic E-state index is 12.9. The molecule has 2 aromatic heterocycles. The van der Waals surface area contributed by atoms with E-state index in [1.54, 1.807) is 24.3 Å². The van der Waals surface area contributed by atoms with Gasteiger partial charge in [0.25, 0.3) is 0 Å². The van der Waals surface area contributed by atoms with Crippen molar-refractivity contribution in [3.63, 3.8) is 0 Å². The molecule has 1 saturated heterocycles. The Bertz CT molecular complexity index is 1310. The average Bonchev–Trinajstić information content (AvgIpc) is 3.37. The molecule has 160 valence electrons. The van der Waals surface area contributed by atoms with Gasteiger partial charge < -0.3 is 15.8 Å². The number of rotatable bonds is 5. The van der Waals surface area contributed by atoms with Crippen LogP contribution in [0.25, 0.3) is 15.3 Å². The zero-order valence-corrected chi connectivity index (χ0v) is 17.9. The number of nitrogens with two attached hydrogens (primary N) is 1. The Labute approximate surface area is 182 Å². The highest BCUT2D eigenvalue weighted by Gasteiger charge is 2.26. The molecular formula is C19H19N7O3S2. The minimum Gasteiger partial charge on any atom is -0.379 e. The SMILES string of the molecule is Nc1nc(Nc2cccc(S(=O)(=O)N3CCOCC3)c2)nn1-c1nc2ccccc2s1. The standard InChI is InChI=1S/C19H19N7O3S2/c20-17-23-18(24-26(17)19-22-15-6-1-2-7-16(15)30-19)21-13-4-3-5-14(12-13)31(27,28)25-8-10-29-11-9-25/h1-7,12H,8-11H2,(H3,20,21,23,24). The van der Waals surface area contributed by atoms with Crippen LogP contribution in [0.2, 0.25) is 0 Å². The normalized spacial score (nSPS) is 15.4. The summed E-state index contributed by atoms with van der Waals surface area (Å²) in [6.45, 7) is 1.46. The lowest BCUT2D eigenvalue weighted by molar-refractivity contribution is 0.0730. The van der Waals surface area contributed by atoms with Gasteiger partial charge in [0, 0.05) is 18.8 Å². The highest BCUT2D eigenvalue weighted by Crippen LogP contribution is 2.27. The first-order chi connectivity index (χ1) is 15.0. The van der Waals surface area contributed by atoms with Gasteiger partial charge in [-0.15, -0.1) is 5.10 Å². The third kappa shape index (κ3) is 3.85. The third-order valence-electron chi connectivity index (χ3n) is 4.79. The summed E-state index contributed by atoms with van der Waals surface area (Å²) in [6, 6.07) is 14.3. The number of benzene rings is 2. The van der Waals surface area contributed by atoms with Gasteiger partial charge in [-0.3, -0.25) is 0 Å². The van der Waals surface area contributed by atoms with E-state index in [-0.39, 0.29) is 16.8 Å². The smallest absolute Gasteiger partial charge is 0.248 e. The van der Waals surface area contributed by atoms with Gasteiger partial charge >= 0.3 is 0 Å². The Hall–Kier alpha value is -3.06. The van der Waals surface area contributed by atoms with Crippen molar-refractivity contribution < 1.29 is 13.2 Å². The van der Waals surface area contributed by atoms with Crippen molar-refractivity contribution in [2.45, 2.75) is 4.90 Å². The van der Waals surface area contributed by atoms with E-state index < -0.39 is 10.0 Å². The summed E-state index contributed by atoms with van der Waals surface area (Å²) in [5.74, 6) is 0.427. The molecule has 0 aliphatic carbocycles. The highest BCUT2D eigenvalue weighted by atomic mass is 32.2. The van der Waals surface area contributed by atoms with Crippen molar-refractivity contribution in [2.75, 3.05) is 37.4 Å². The van der Waals surface area contributed by atoms with Crippen LogP contribution in [0.5, 0.6) is 0 Å². The van der Waals surface area contributed by atoms with Crippen LogP contribution in [0.3, 0.4) is 0 Å². The number of fused-ring (bicyclic) bond motifs is 1. The molecule has 1 fully saturated rings. The molecule has 3 N–H and O–H groups in total. The summed E-state index contributed by atoms with van der Waals surface area (Å²) in [4.78, 5) is 8.97. The van der Waals surface area contributed by atoms with Crippen molar-refractivity contribution in [1.82, 2.24) is 24.1 Å². The van der Waals surface area contributed by atoms with E-state index in [1.807, 2.05) is 24.3 Å². The number of nitrogens with zero attached hydrogens (tertiary/aromatic N) is 5. The largest absolute Gasteiger partial charge is 0.379 e. The van der Waals surface area contributed by atoms with Gasteiger partial charge in [-0.05, 0) is 30.3 Å². The van der Waals surface area contributed by atoms with E-state index in [4.69, 9.17) is 10.5 Å². The van der Waals surface area contributed by atoms with Crippen LogP contribution in [0.1, 0.15) is 0 Å². The van der Waals surface area contributed by atoms with E-state index in [9.17, 15) is 8.42 Å². The predicted molar refractivity (Wildman–Crippen MR) is 118 cm³/mol. The van der Waals surface area contributed by atoms with E-state index in [1.165, 1.54) is 20.3 Å². The average molecular weight is 458 g/mol. The molecule has 0 amide bonds. The number of hydrogen-bond acceptors (Lipinski definition) is 9. The third-order valence-corrected chi connectivity index (χ3v) is 7.70. The maximum Gasteiger partial charge on any atom is 0.248 e. The van der Waals surface area contributed by atoms with E-state index >= 15 is 0 Å². The van der Waals surface area contributed by atoms with Crippen molar-refractivity contribution in [1.29, 1.82) is 0 Å². The summed E-state index contributed by atoms with van der Waals surface area (Å²) in [7, 11) is -3.60. The Balaban J connectivity index is 1.41. The summed E-state index contributed by atoms with van der Waals surface area (Å²) < 4.78 is 35.0. The molecule has 1 aliphatic rings. The summed E-state index contributed by atoms with van der Waals surface area (Å²) >= 11 is 1.45. The molecule has 0 radical (unpaired) electrons. The van der Waals surface area contributed by atoms with Crippen LogP contribution in [-0.4, -0.2) is 58.8 Å². The quantitative estimate of drug-likeness (QED) is 0.467. The van der Waals surface area contributed by atoms with Crippen molar-refractivity contribution in [2.24, 2.45) is 0 Å². The Kier molecular flexibility index (Phi) is 5.06. The van der Waals surface area contributed by atoms with Gasteiger partial charge in [-0.25, -0.2) is 13.4 Å². The van der Waals surface area contributed by atoms with Crippen molar-refractivity contribution in [3.8, 4) is 5.13 Å². The second-order valence-corrected chi connectivity index (χ2v) is 9.79. The van der Waals surface area contributed by atoms with E-state index in [2.05, 4.69) is 20.4 Å². The molecule has 4 aromatic rings. The number of nitrogens with one attached hydrogen (secondary N) is 1. The number of sulfonamides is 1. The molecular weight excluding hydrogens is 438 g/mol. The lowest BCUT2D eigenvalue weighted by atomic mass is 10.3. The second kappa shape index (κ2) is 7.89. The highest BCUT2D eigenvalue weighted by molar-refractivity contribution is 7.89. The first-order valence-electron chi connectivity index (χ1n) is 9.54.